The fraction of sp³-hybridized carbons (Fsp3) is 0.700. The molecule has 0 aromatic rings. The Morgan fingerprint density at radius 2 is 1.73 bits per heavy atom. The predicted octanol–water partition coefficient (Wildman–Crippen LogP) is 3.21. The zero-order chi connectivity index (χ0) is 8.36. The van der Waals surface area contributed by atoms with Crippen LogP contribution in [0.25, 0.3) is 0 Å². The summed E-state index contributed by atoms with van der Waals surface area (Å²) in [5.41, 5.74) is 0. The van der Waals surface area contributed by atoms with E-state index < -0.39 is 0 Å². The maximum Gasteiger partial charge on any atom is 0.0273 e. The van der Waals surface area contributed by atoms with E-state index in [1.165, 1.54) is 32.1 Å². The van der Waals surface area contributed by atoms with Crippen molar-refractivity contribution in [2.24, 2.45) is 4.99 Å². The van der Waals surface area contributed by atoms with Crippen molar-refractivity contribution < 1.29 is 0 Å². The second-order valence-corrected chi connectivity index (χ2v) is 2.72. The molecule has 1 heteroatoms. The minimum atomic E-state index is 1.14. The molecule has 0 bridgehead atoms. The number of unbranched alkanes of at least 4 members (excludes halogenated alkanes) is 5. The first kappa shape index (κ1) is 10.4. The fourth-order valence-electron chi connectivity index (χ4n) is 1.01. The number of aliphatic imine (C=N–C) groups is 1. The molecule has 0 N–H and O–H groups in total. The molecule has 0 aromatic carbocycles. The van der Waals surface area contributed by atoms with Gasteiger partial charge in [-0.1, -0.05) is 18.9 Å². The van der Waals surface area contributed by atoms with Gasteiger partial charge in [-0.25, -0.2) is 0 Å². The van der Waals surface area contributed by atoms with E-state index >= 15 is 0 Å². The summed E-state index contributed by atoms with van der Waals surface area (Å²) in [7, 11) is 1.83. The maximum atomic E-state index is 3.93. The summed E-state index contributed by atoms with van der Waals surface area (Å²) < 4.78 is 0. The number of hydrogen-bond donors (Lipinski definition) is 0. The fourth-order valence-corrected chi connectivity index (χ4v) is 1.01. The van der Waals surface area contributed by atoms with Gasteiger partial charge in [0.15, 0.2) is 0 Å². The third-order valence-corrected chi connectivity index (χ3v) is 1.67. The lowest BCUT2D eigenvalue weighted by Crippen LogP contribution is -1.79. The van der Waals surface area contributed by atoms with Crippen molar-refractivity contribution >= 4 is 6.21 Å². The zero-order valence-electron chi connectivity index (χ0n) is 7.55. The molecule has 0 aromatic heterocycles. The Morgan fingerprint density at radius 3 is 2.27 bits per heavy atom. The van der Waals surface area contributed by atoms with Gasteiger partial charge in [-0.2, -0.15) is 0 Å². The SMILES string of the molecule is C=CCCCCCC/C=N/C. The summed E-state index contributed by atoms with van der Waals surface area (Å²) in [6.45, 7) is 3.69. The van der Waals surface area contributed by atoms with Gasteiger partial charge in [0.05, 0.1) is 0 Å². The average molecular weight is 153 g/mol. The van der Waals surface area contributed by atoms with Crippen molar-refractivity contribution in [3.05, 3.63) is 12.7 Å². The highest BCUT2D eigenvalue weighted by molar-refractivity contribution is 5.56. The summed E-state index contributed by atoms with van der Waals surface area (Å²) >= 11 is 0. The van der Waals surface area contributed by atoms with Crippen molar-refractivity contribution in [1.82, 2.24) is 0 Å². The van der Waals surface area contributed by atoms with Crippen LogP contribution >= 0.6 is 0 Å². The summed E-state index contributed by atoms with van der Waals surface area (Å²) in [5, 5.41) is 0. The van der Waals surface area contributed by atoms with Crippen LogP contribution in [0.2, 0.25) is 0 Å². The van der Waals surface area contributed by atoms with Crippen LogP contribution < -0.4 is 0 Å². The topological polar surface area (TPSA) is 12.4 Å². The maximum absolute atomic E-state index is 3.93. The molecule has 0 rings (SSSR count). The molecule has 11 heavy (non-hydrogen) atoms. The van der Waals surface area contributed by atoms with Gasteiger partial charge < -0.3 is 4.99 Å². The minimum Gasteiger partial charge on any atom is -0.301 e. The number of nitrogens with zero attached hydrogens (tertiary/aromatic N) is 1. The molecular formula is C10H19N. The molecule has 0 fully saturated rings. The molecule has 0 saturated carbocycles. The van der Waals surface area contributed by atoms with Crippen LogP contribution in [0.5, 0.6) is 0 Å². The lowest BCUT2D eigenvalue weighted by molar-refractivity contribution is 0.661. The first-order valence-corrected chi connectivity index (χ1v) is 4.43. The molecule has 0 aliphatic carbocycles. The van der Waals surface area contributed by atoms with Crippen molar-refractivity contribution in [1.29, 1.82) is 0 Å². The second kappa shape index (κ2) is 9.41. The molecule has 0 spiro atoms. The Labute approximate surface area is 70.2 Å². The number of rotatable bonds is 7. The highest BCUT2D eigenvalue weighted by atomic mass is 14.6. The monoisotopic (exact) mass is 153 g/mol. The van der Waals surface area contributed by atoms with Gasteiger partial charge in [-0.15, -0.1) is 6.58 Å². The van der Waals surface area contributed by atoms with Crippen molar-refractivity contribution in [2.45, 2.75) is 38.5 Å². The van der Waals surface area contributed by atoms with Gasteiger partial charge >= 0.3 is 0 Å². The molecule has 0 saturated heterocycles. The lowest BCUT2D eigenvalue weighted by Gasteiger charge is -1.95. The smallest absolute Gasteiger partial charge is 0.0273 e. The van der Waals surface area contributed by atoms with Crippen molar-refractivity contribution in [2.75, 3.05) is 7.05 Å². The van der Waals surface area contributed by atoms with Crippen LogP contribution in [0.3, 0.4) is 0 Å². The van der Waals surface area contributed by atoms with E-state index in [0.29, 0.717) is 0 Å². The molecule has 64 valence electrons. The normalized spacial score (nSPS) is 10.6. The molecule has 0 heterocycles. The summed E-state index contributed by atoms with van der Waals surface area (Å²) in [5.74, 6) is 0. The van der Waals surface area contributed by atoms with Crippen LogP contribution in [0.1, 0.15) is 38.5 Å². The van der Waals surface area contributed by atoms with E-state index in [4.69, 9.17) is 0 Å². The van der Waals surface area contributed by atoms with Gasteiger partial charge in [0.1, 0.15) is 0 Å². The molecule has 0 aliphatic rings. The lowest BCUT2D eigenvalue weighted by atomic mass is 10.1. The molecule has 1 nitrogen and oxygen atoms in total. The Kier molecular flexibility index (Phi) is 8.91. The Hall–Kier alpha value is -0.590. The van der Waals surface area contributed by atoms with E-state index in [-0.39, 0.29) is 0 Å². The minimum absolute atomic E-state index is 1.14. The Balaban J connectivity index is 2.84. The standard InChI is InChI=1S/C10H19N/c1-3-4-5-6-7-8-9-10-11-2/h3,10H,1,4-9H2,2H3/b11-10+. The molecule has 0 amide bonds. The molecule has 0 atom stereocenters. The van der Waals surface area contributed by atoms with E-state index in [9.17, 15) is 0 Å². The first-order chi connectivity index (χ1) is 5.41. The predicted molar refractivity (Wildman–Crippen MR) is 52.3 cm³/mol. The third-order valence-electron chi connectivity index (χ3n) is 1.67. The first-order valence-electron chi connectivity index (χ1n) is 4.43. The summed E-state index contributed by atoms with van der Waals surface area (Å²) in [6, 6.07) is 0. The van der Waals surface area contributed by atoms with Crippen LogP contribution in [0, 0.1) is 0 Å². The third kappa shape index (κ3) is 9.41. The number of allylic oxidation sites excluding steroid dienone is 1. The molecule has 0 aliphatic heterocycles. The second-order valence-electron chi connectivity index (χ2n) is 2.72. The Morgan fingerprint density at radius 1 is 1.09 bits per heavy atom. The van der Waals surface area contributed by atoms with E-state index in [1.54, 1.807) is 0 Å². The van der Waals surface area contributed by atoms with Crippen LogP contribution in [0.15, 0.2) is 17.6 Å². The quantitative estimate of drug-likeness (QED) is 0.302. The average Bonchev–Trinajstić information content (AvgIpc) is 2.03. The highest BCUT2D eigenvalue weighted by Gasteiger charge is 1.86. The van der Waals surface area contributed by atoms with Gasteiger partial charge in [0, 0.05) is 7.05 Å². The van der Waals surface area contributed by atoms with Crippen LogP contribution in [0.4, 0.5) is 0 Å². The van der Waals surface area contributed by atoms with Gasteiger partial charge in [-0.05, 0) is 31.9 Å². The van der Waals surface area contributed by atoms with E-state index in [2.05, 4.69) is 11.6 Å². The zero-order valence-corrected chi connectivity index (χ0v) is 7.55. The van der Waals surface area contributed by atoms with Crippen LogP contribution in [-0.4, -0.2) is 13.3 Å². The Bertz CT molecular complexity index is 105. The van der Waals surface area contributed by atoms with Crippen LogP contribution in [-0.2, 0) is 0 Å². The summed E-state index contributed by atoms with van der Waals surface area (Å²) in [6.07, 6.45) is 11.6. The van der Waals surface area contributed by atoms with E-state index in [1.807, 2.05) is 19.3 Å². The van der Waals surface area contributed by atoms with Gasteiger partial charge in [-0.3, -0.25) is 0 Å². The molecule has 0 unspecified atom stereocenters. The van der Waals surface area contributed by atoms with Gasteiger partial charge in [0.2, 0.25) is 0 Å². The van der Waals surface area contributed by atoms with Crippen molar-refractivity contribution in [3.63, 3.8) is 0 Å². The van der Waals surface area contributed by atoms with Gasteiger partial charge in [0.25, 0.3) is 0 Å². The number of hydrogen-bond acceptors (Lipinski definition) is 1. The summed E-state index contributed by atoms with van der Waals surface area (Å²) in [4.78, 5) is 3.93. The van der Waals surface area contributed by atoms with Crippen molar-refractivity contribution in [3.8, 4) is 0 Å². The highest BCUT2D eigenvalue weighted by Crippen LogP contribution is 2.04. The van der Waals surface area contributed by atoms with E-state index in [0.717, 1.165) is 6.42 Å². The molecule has 0 radical (unpaired) electrons. The largest absolute Gasteiger partial charge is 0.301 e. The molecular weight excluding hydrogens is 134 g/mol.